The van der Waals surface area contributed by atoms with Gasteiger partial charge in [-0.1, -0.05) is 36.4 Å². The Morgan fingerprint density at radius 3 is 2.50 bits per heavy atom. The second kappa shape index (κ2) is 5.42. The molecule has 1 aliphatic rings. The molecule has 0 saturated carbocycles. The van der Waals surface area contributed by atoms with E-state index in [0.29, 0.717) is 17.7 Å². The molecular formula is C17H15NO3S. The molecule has 0 fully saturated rings. The smallest absolute Gasteiger partial charge is 0.254 e. The number of hydrogen-bond acceptors (Lipinski definition) is 3. The van der Waals surface area contributed by atoms with Gasteiger partial charge in [-0.25, -0.2) is 8.42 Å². The zero-order chi connectivity index (χ0) is 15.7. The molecule has 5 heteroatoms. The first-order valence-electron chi connectivity index (χ1n) is 6.84. The Bertz CT molecular complexity index is 855. The average molecular weight is 313 g/mol. The number of carbonyl (C=O) groups excluding carboxylic acids is 1. The highest BCUT2D eigenvalue weighted by Gasteiger charge is 2.26. The number of amides is 1. The monoisotopic (exact) mass is 313 g/mol. The van der Waals surface area contributed by atoms with Gasteiger partial charge < -0.3 is 4.90 Å². The molecule has 22 heavy (non-hydrogen) atoms. The topological polar surface area (TPSA) is 54.5 Å². The Morgan fingerprint density at radius 1 is 1.05 bits per heavy atom. The summed E-state index contributed by atoms with van der Waals surface area (Å²) in [6.07, 6.45) is 1.49. The summed E-state index contributed by atoms with van der Waals surface area (Å²) < 4.78 is 23.8. The van der Waals surface area contributed by atoms with Gasteiger partial charge in [0.1, 0.15) is 0 Å². The minimum absolute atomic E-state index is 0.192. The van der Waals surface area contributed by atoms with E-state index >= 15 is 0 Å². The van der Waals surface area contributed by atoms with E-state index in [1.807, 2.05) is 30.3 Å². The van der Waals surface area contributed by atoms with Crippen LogP contribution in [0, 0.1) is 0 Å². The van der Waals surface area contributed by atoms with E-state index in [2.05, 4.69) is 0 Å². The normalized spacial score (nSPS) is 14.6. The Morgan fingerprint density at radius 2 is 1.77 bits per heavy atom. The minimum Gasteiger partial charge on any atom is -0.337 e. The van der Waals surface area contributed by atoms with Gasteiger partial charge in [0.2, 0.25) is 0 Å². The number of benzene rings is 2. The lowest BCUT2D eigenvalue weighted by atomic mass is 10.1. The molecule has 0 atom stereocenters. The highest BCUT2D eigenvalue weighted by Crippen LogP contribution is 2.30. The maximum atomic E-state index is 12.6. The van der Waals surface area contributed by atoms with Crippen molar-refractivity contribution in [2.45, 2.75) is 11.4 Å². The summed E-state index contributed by atoms with van der Waals surface area (Å²) in [6, 6.07) is 14.4. The molecule has 2 aromatic rings. The van der Waals surface area contributed by atoms with E-state index in [-0.39, 0.29) is 10.8 Å². The maximum absolute atomic E-state index is 12.6. The largest absolute Gasteiger partial charge is 0.337 e. The van der Waals surface area contributed by atoms with Crippen molar-refractivity contribution in [1.29, 1.82) is 0 Å². The molecule has 0 aliphatic carbocycles. The van der Waals surface area contributed by atoms with Crippen molar-refractivity contribution in [2.24, 2.45) is 0 Å². The van der Waals surface area contributed by atoms with Crippen molar-refractivity contribution in [1.82, 2.24) is 4.90 Å². The molecule has 3 rings (SSSR count). The van der Waals surface area contributed by atoms with Crippen LogP contribution < -0.4 is 0 Å². The van der Waals surface area contributed by atoms with Gasteiger partial charge in [0.15, 0.2) is 9.84 Å². The second-order valence-electron chi connectivity index (χ2n) is 5.21. The van der Waals surface area contributed by atoms with Crippen LogP contribution in [-0.4, -0.2) is 26.3 Å². The van der Waals surface area contributed by atoms with Crippen molar-refractivity contribution in [2.75, 3.05) is 7.05 Å². The quantitative estimate of drug-likeness (QED) is 0.875. The predicted octanol–water partition coefficient (Wildman–Crippen LogP) is 2.72. The van der Waals surface area contributed by atoms with Gasteiger partial charge in [0.25, 0.3) is 5.91 Å². The van der Waals surface area contributed by atoms with Crippen molar-refractivity contribution in [3.63, 3.8) is 0 Å². The highest BCUT2D eigenvalue weighted by atomic mass is 32.2. The van der Waals surface area contributed by atoms with Crippen molar-refractivity contribution in [3.05, 3.63) is 70.6 Å². The number of rotatable bonds is 3. The molecule has 0 aromatic heterocycles. The third kappa shape index (κ3) is 2.55. The average Bonchev–Trinajstić information content (AvgIpc) is 2.83. The third-order valence-electron chi connectivity index (χ3n) is 3.63. The zero-order valence-corrected chi connectivity index (χ0v) is 12.9. The van der Waals surface area contributed by atoms with E-state index in [9.17, 15) is 13.2 Å². The molecule has 0 radical (unpaired) electrons. The van der Waals surface area contributed by atoms with Crippen molar-refractivity contribution < 1.29 is 13.2 Å². The Hall–Kier alpha value is -2.40. The van der Waals surface area contributed by atoms with Gasteiger partial charge in [-0.15, -0.1) is 0 Å². The van der Waals surface area contributed by atoms with Crippen LogP contribution in [0.1, 0.15) is 21.5 Å². The zero-order valence-electron chi connectivity index (χ0n) is 12.1. The van der Waals surface area contributed by atoms with Crippen molar-refractivity contribution in [3.8, 4) is 0 Å². The summed E-state index contributed by atoms with van der Waals surface area (Å²) in [7, 11) is -1.69. The molecular weight excluding hydrogens is 298 g/mol. The molecule has 0 unspecified atom stereocenters. The number of nitrogens with zero attached hydrogens (tertiary/aromatic N) is 1. The fourth-order valence-electron chi connectivity index (χ4n) is 2.52. The third-order valence-corrected chi connectivity index (χ3v) is 5.09. The molecule has 2 aromatic carbocycles. The van der Waals surface area contributed by atoms with Gasteiger partial charge in [-0.05, 0) is 23.8 Å². The van der Waals surface area contributed by atoms with Crippen LogP contribution in [0.4, 0.5) is 0 Å². The van der Waals surface area contributed by atoms with Crippen LogP contribution >= 0.6 is 0 Å². The molecule has 1 heterocycles. The number of fused-ring (bicyclic) bond motifs is 1. The molecule has 0 spiro atoms. The second-order valence-corrected chi connectivity index (χ2v) is 7.01. The number of sulfone groups is 1. The van der Waals surface area contributed by atoms with Gasteiger partial charge in [-0.2, -0.15) is 0 Å². The van der Waals surface area contributed by atoms with Crippen LogP contribution in [0.3, 0.4) is 0 Å². The molecule has 1 amide bonds. The standard InChI is InChI=1S/C17H15NO3S/c1-18(12-13-6-3-2-4-7-13)17(19)15-8-5-9-16-14(15)10-11-22(16,20)21/h2-11H,12H2,1H3. The summed E-state index contributed by atoms with van der Waals surface area (Å²) >= 11 is 0. The summed E-state index contributed by atoms with van der Waals surface area (Å²) in [6.45, 7) is 0.472. The van der Waals surface area contributed by atoms with Crippen LogP contribution in [0.25, 0.3) is 6.08 Å². The van der Waals surface area contributed by atoms with Crippen molar-refractivity contribution >= 4 is 21.8 Å². The Balaban J connectivity index is 1.91. The van der Waals surface area contributed by atoms with E-state index in [4.69, 9.17) is 0 Å². The molecule has 0 bridgehead atoms. The number of hydrogen-bond donors (Lipinski definition) is 0. The van der Waals surface area contributed by atoms with Crippen LogP contribution in [0.15, 0.2) is 58.8 Å². The van der Waals surface area contributed by atoms with E-state index in [1.54, 1.807) is 24.1 Å². The summed E-state index contributed by atoms with van der Waals surface area (Å²) in [4.78, 5) is 14.4. The fraction of sp³-hybridized carbons (Fsp3) is 0.118. The van der Waals surface area contributed by atoms with Gasteiger partial charge in [-0.3, -0.25) is 4.79 Å². The lowest BCUT2D eigenvalue weighted by Crippen LogP contribution is -2.27. The summed E-state index contributed by atoms with van der Waals surface area (Å²) in [5, 5.41) is 1.14. The van der Waals surface area contributed by atoms with E-state index in [0.717, 1.165) is 11.0 Å². The SMILES string of the molecule is CN(Cc1ccccc1)C(=O)c1cccc2c1C=CS2(=O)=O. The lowest BCUT2D eigenvalue weighted by molar-refractivity contribution is 0.0784. The lowest BCUT2D eigenvalue weighted by Gasteiger charge is -2.18. The van der Waals surface area contributed by atoms with Crippen LogP contribution in [-0.2, 0) is 16.4 Å². The molecule has 4 nitrogen and oxygen atoms in total. The highest BCUT2D eigenvalue weighted by molar-refractivity contribution is 7.94. The summed E-state index contributed by atoms with van der Waals surface area (Å²) in [5.41, 5.74) is 1.91. The number of carbonyl (C=O) groups is 1. The van der Waals surface area contributed by atoms with Crippen LogP contribution in [0.5, 0.6) is 0 Å². The Labute approximate surface area is 129 Å². The molecule has 0 saturated heterocycles. The fourth-order valence-corrected chi connectivity index (χ4v) is 3.73. The molecule has 1 aliphatic heterocycles. The predicted molar refractivity (Wildman–Crippen MR) is 84.9 cm³/mol. The van der Waals surface area contributed by atoms with E-state index in [1.165, 1.54) is 12.1 Å². The minimum atomic E-state index is -3.40. The first kappa shape index (κ1) is 14.5. The van der Waals surface area contributed by atoms with Gasteiger partial charge in [0.05, 0.1) is 4.90 Å². The van der Waals surface area contributed by atoms with Crippen LogP contribution in [0.2, 0.25) is 0 Å². The molecule has 112 valence electrons. The first-order valence-corrected chi connectivity index (χ1v) is 8.39. The summed E-state index contributed by atoms with van der Waals surface area (Å²) in [5.74, 6) is -0.192. The first-order chi connectivity index (χ1) is 10.5. The van der Waals surface area contributed by atoms with Gasteiger partial charge >= 0.3 is 0 Å². The molecule has 0 N–H and O–H groups in total. The van der Waals surface area contributed by atoms with Gasteiger partial charge in [0, 0.05) is 30.1 Å². The Kier molecular flexibility index (Phi) is 3.58. The van der Waals surface area contributed by atoms with E-state index < -0.39 is 9.84 Å². The maximum Gasteiger partial charge on any atom is 0.254 e.